The van der Waals surface area contributed by atoms with Crippen LogP contribution >= 0.6 is 11.8 Å². The number of aryl methyl sites for hydroxylation is 1. The molecule has 1 aliphatic heterocycles. The van der Waals surface area contributed by atoms with Gasteiger partial charge in [0.15, 0.2) is 0 Å². The van der Waals surface area contributed by atoms with E-state index in [2.05, 4.69) is 25.1 Å². The van der Waals surface area contributed by atoms with Crippen LogP contribution in [0.4, 0.5) is 0 Å². The Morgan fingerprint density at radius 2 is 2.31 bits per heavy atom. The molecular formula is C11H14OS. The molecule has 2 heteroatoms. The summed E-state index contributed by atoms with van der Waals surface area (Å²) in [5.41, 5.74) is 2.70. The smallest absolute Gasteiger partial charge is 0.0840 e. The molecule has 0 saturated heterocycles. The van der Waals surface area contributed by atoms with Gasteiger partial charge in [-0.25, -0.2) is 0 Å². The van der Waals surface area contributed by atoms with Crippen molar-refractivity contribution in [3.8, 4) is 0 Å². The summed E-state index contributed by atoms with van der Waals surface area (Å²) in [6.45, 7) is 2.13. The van der Waals surface area contributed by atoms with Gasteiger partial charge in [-0.2, -0.15) is 0 Å². The molecule has 2 rings (SSSR count). The molecule has 0 fully saturated rings. The Bertz CT molecular complexity index is 309. The van der Waals surface area contributed by atoms with E-state index in [4.69, 9.17) is 4.74 Å². The van der Waals surface area contributed by atoms with Crippen LogP contribution in [0.3, 0.4) is 0 Å². The van der Waals surface area contributed by atoms with Crippen molar-refractivity contribution in [1.29, 1.82) is 0 Å². The third kappa shape index (κ3) is 1.74. The SMILES string of the molecule is COC1CCSc2ccc(C)cc21. The third-order valence-electron chi connectivity index (χ3n) is 2.43. The predicted molar refractivity (Wildman–Crippen MR) is 56.3 cm³/mol. The molecule has 1 aliphatic rings. The van der Waals surface area contributed by atoms with E-state index >= 15 is 0 Å². The van der Waals surface area contributed by atoms with Crippen molar-refractivity contribution in [1.82, 2.24) is 0 Å². The fraction of sp³-hybridized carbons (Fsp3) is 0.455. The second-order valence-electron chi connectivity index (χ2n) is 3.40. The number of hydrogen-bond donors (Lipinski definition) is 0. The number of ether oxygens (including phenoxy) is 1. The zero-order valence-corrected chi connectivity index (χ0v) is 8.86. The maximum atomic E-state index is 5.46. The minimum Gasteiger partial charge on any atom is -0.377 e. The summed E-state index contributed by atoms with van der Waals surface area (Å²) < 4.78 is 5.46. The summed E-state index contributed by atoms with van der Waals surface area (Å²) in [4.78, 5) is 1.39. The van der Waals surface area contributed by atoms with Crippen molar-refractivity contribution in [3.63, 3.8) is 0 Å². The molecule has 0 N–H and O–H groups in total. The molecule has 0 radical (unpaired) electrons. The molecule has 1 unspecified atom stereocenters. The lowest BCUT2D eigenvalue weighted by Gasteiger charge is -2.24. The van der Waals surface area contributed by atoms with Gasteiger partial charge in [-0.15, -0.1) is 11.8 Å². The van der Waals surface area contributed by atoms with Crippen LogP contribution in [0.15, 0.2) is 23.1 Å². The number of fused-ring (bicyclic) bond motifs is 1. The predicted octanol–water partition coefficient (Wildman–Crippen LogP) is 3.18. The Balaban J connectivity index is 2.41. The molecule has 1 heterocycles. The topological polar surface area (TPSA) is 9.23 Å². The zero-order chi connectivity index (χ0) is 9.26. The number of benzene rings is 1. The fourth-order valence-corrected chi connectivity index (χ4v) is 2.80. The fourth-order valence-electron chi connectivity index (χ4n) is 1.73. The molecule has 1 aromatic rings. The van der Waals surface area contributed by atoms with Gasteiger partial charge < -0.3 is 4.74 Å². The summed E-state index contributed by atoms with van der Waals surface area (Å²) in [5.74, 6) is 1.18. The van der Waals surface area contributed by atoms with E-state index < -0.39 is 0 Å². The Morgan fingerprint density at radius 3 is 3.08 bits per heavy atom. The molecule has 70 valence electrons. The Hall–Kier alpha value is -0.470. The monoisotopic (exact) mass is 194 g/mol. The minimum absolute atomic E-state index is 0.316. The summed E-state index contributed by atoms with van der Waals surface area (Å²) in [5, 5.41) is 0. The van der Waals surface area contributed by atoms with Gasteiger partial charge in [-0.05, 0) is 25.0 Å². The molecule has 0 aliphatic carbocycles. The first kappa shape index (κ1) is 9.10. The number of rotatable bonds is 1. The van der Waals surface area contributed by atoms with Gasteiger partial charge in [0.25, 0.3) is 0 Å². The molecule has 1 nitrogen and oxygen atoms in total. The van der Waals surface area contributed by atoms with Crippen LogP contribution in [0, 0.1) is 6.92 Å². The average Bonchev–Trinajstić information content (AvgIpc) is 2.17. The van der Waals surface area contributed by atoms with Gasteiger partial charge in [0.1, 0.15) is 0 Å². The first-order valence-corrected chi connectivity index (χ1v) is 5.56. The van der Waals surface area contributed by atoms with E-state index in [1.807, 2.05) is 11.8 Å². The number of methoxy groups -OCH3 is 1. The van der Waals surface area contributed by atoms with Crippen LogP contribution in [0.25, 0.3) is 0 Å². The molecule has 0 spiro atoms. The first-order valence-electron chi connectivity index (χ1n) is 4.57. The van der Waals surface area contributed by atoms with Crippen LogP contribution in [-0.2, 0) is 4.74 Å². The molecule has 0 saturated carbocycles. The van der Waals surface area contributed by atoms with E-state index in [1.54, 1.807) is 7.11 Å². The first-order chi connectivity index (χ1) is 6.31. The van der Waals surface area contributed by atoms with Crippen LogP contribution < -0.4 is 0 Å². The molecule has 0 bridgehead atoms. The molecule has 13 heavy (non-hydrogen) atoms. The largest absolute Gasteiger partial charge is 0.377 e. The van der Waals surface area contributed by atoms with Gasteiger partial charge in [0, 0.05) is 17.8 Å². The highest BCUT2D eigenvalue weighted by atomic mass is 32.2. The van der Waals surface area contributed by atoms with E-state index in [9.17, 15) is 0 Å². The van der Waals surface area contributed by atoms with Crippen molar-refractivity contribution in [3.05, 3.63) is 29.3 Å². The standard InChI is InChI=1S/C11H14OS/c1-8-3-4-11-9(7-8)10(12-2)5-6-13-11/h3-4,7,10H,5-6H2,1-2H3. The molecule has 0 amide bonds. The quantitative estimate of drug-likeness (QED) is 0.679. The van der Waals surface area contributed by atoms with Crippen LogP contribution in [0.5, 0.6) is 0 Å². The van der Waals surface area contributed by atoms with Crippen molar-refractivity contribution in [2.24, 2.45) is 0 Å². The molecule has 1 atom stereocenters. The van der Waals surface area contributed by atoms with Crippen molar-refractivity contribution in [2.45, 2.75) is 24.3 Å². The third-order valence-corrected chi connectivity index (χ3v) is 3.56. The van der Waals surface area contributed by atoms with Crippen molar-refractivity contribution < 1.29 is 4.74 Å². The number of thioether (sulfide) groups is 1. The maximum Gasteiger partial charge on any atom is 0.0840 e. The molecule has 0 aromatic heterocycles. The lowest BCUT2D eigenvalue weighted by atomic mass is 10.0. The van der Waals surface area contributed by atoms with Crippen LogP contribution in [-0.4, -0.2) is 12.9 Å². The minimum atomic E-state index is 0.316. The summed E-state index contributed by atoms with van der Waals surface area (Å²) in [6.07, 6.45) is 1.45. The highest BCUT2D eigenvalue weighted by Crippen LogP contribution is 2.37. The highest BCUT2D eigenvalue weighted by molar-refractivity contribution is 7.99. The summed E-state index contributed by atoms with van der Waals surface area (Å²) in [7, 11) is 1.80. The zero-order valence-electron chi connectivity index (χ0n) is 8.04. The normalized spacial score (nSPS) is 21.2. The second kappa shape index (κ2) is 3.72. The maximum absolute atomic E-state index is 5.46. The Kier molecular flexibility index (Phi) is 2.61. The Labute approximate surface area is 83.5 Å². The van der Waals surface area contributed by atoms with Gasteiger partial charge in [0.2, 0.25) is 0 Å². The highest BCUT2D eigenvalue weighted by Gasteiger charge is 2.19. The van der Waals surface area contributed by atoms with E-state index in [0.717, 1.165) is 6.42 Å². The van der Waals surface area contributed by atoms with Gasteiger partial charge in [-0.3, -0.25) is 0 Å². The molecule has 1 aromatic carbocycles. The van der Waals surface area contributed by atoms with Crippen molar-refractivity contribution >= 4 is 11.8 Å². The van der Waals surface area contributed by atoms with Gasteiger partial charge >= 0.3 is 0 Å². The summed E-state index contributed by atoms with van der Waals surface area (Å²) >= 11 is 1.94. The second-order valence-corrected chi connectivity index (χ2v) is 4.54. The van der Waals surface area contributed by atoms with Gasteiger partial charge in [0.05, 0.1) is 6.10 Å². The summed E-state index contributed by atoms with van der Waals surface area (Å²) in [6, 6.07) is 6.63. The van der Waals surface area contributed by atoms with E-state index in [0.29, 0.717) is 6.10 Å². The van der Waals surface area contributed by atoms with E-state index in [1.165, 1.54) is 21.8 Å². The van der Waals surface area contributed by atoms with E-state index in [-0.39, 0.29) is 0 Å². The Morgan fingerprint density at radius 1 is 1.46 bits per heavy atom. The van der Waals surface area contributed by atoms with Crippen LogP contribution in [0.1, 0.15) is 23.7 Å². The van der Waals surface area contributed by atoms with Crippen molar-refractivity contribution in [2.75, 3.05) is 12.9 Å². The number of hydrogen-bond acceptors (Lipinski definition) is 2. The van der Waals surface area contributed by atoms with Gasteiger partial charge in [-0.1, -0.05) is 17.7 Å². The lowest BCUT2D eigenvalue weighted by molar-refractivity contribution is 0.0974. The van der Waals surface area contributed by atoms with Crippen LogP contribution in [0.2, 0.25) is 0 Å². The lowest BCUT2D eigenvalue weighted by Crippen LogP contribution is -2.09. The average molecular weight is 194 g/mol. The molecular weight excluding hydrogens is 180 g/mol.